The number of pyridine rings is 1. The first-order chi connectivity index (χ1) is 9.41. The Balaban J connectivity index is 2.83. The van der Waals surface area contributed by atoms with Crippen molar-refractivity contribution in [1.29, 1.82) is 0 Å². The molecule has 7 nitrogen and oxygen atoms in total. The lowest BCUT2D eigenvalue weighted by molar-refractivity contribution is -0.131. The van der Waals surface area contributed by atoms with Gasteiger partial charge >= 0.3 is 5.97 Å². The van der Waals surface area contributed by atoms with E-state index in [1.54, 1.807) is 14.1 Å². The van der Waals surface area contributed by atoms with Gasteiger partial charge in [0.1, 0.15) is 0 Å². The Morgan fingerprint density at radius 2 is 2.10 bits per heavy atom. The van der Waals surface area contributed by atoms with E-state index >= 15 is 0 Å². The second-order valence-corrected chi connectivity index (χ2v) is 4.11. The van der Waals surface area contributed by atoms with Crippen LogP contribution in [-0.4, -0.2) is 53.4 Å². The molecule has 0 aliphatic heterocycles. The van der Waals surface area contributed by atoms with Crippen LogP contribution in [0.1, 0.15) is 15.9 Å². The Hall–Kier alpha value is -2.70. The predicted octanol–water partition coefficient (Wildman–Crippen LogP) is -0.00260. The zero-order valence-corrected chi connectivity index (χ0v) is 11.2. The third-order valence-electron chi connectivity index (χ3n) is 2.40. The molecule has 20 heavy (non-hydrogen) atoms. The molecule has 0 saturated heterocycles. The van der Waals surface area contributed by atoms with Crippen LogP contribution in [0.5, 0.6) is 0 Å². The molecule has 0 aliphatic carbocycles. The van der Waals surface area contributed by atoms with Crippen molar-refractivity contribution in [2.75, 3.05) is 20.6 Å². The maximum absolute atomic E-state index is 11.9. The molecular weight excluding hydrogens is 262 g/mol. The number of nitrogens with zero attached hydrogens (tertiary/aromatic N) is 2. The molecule has 1 heterocycles. The molecule has 0 fully saturated rings. The van der Waals surface area contributed by atoms with Crippen LogP contribution in [0.15, 0.2) is 24.5 Å². The van der Waals surface area contributed by atoms with Gasteiger partial charge in [-0.25, -0.2) is 4.79 Å². The van der Waals surface area contributed by atoms with Gasteiger partial charge in [0.05, 0.1) is 6.54 Å². The molecular formula is C13H15N3O4. The van der Waals surface area contributed by atoms with Crippen LogP contribution in [-0.2, 0) is 9.59 Å². The summed E-state index contributed by atoms with van der Waals surface area (Å²) in [5.41, 5.74) is 0.619. The summed E-state index contributed by atoms with van der Waals surface area (Å²) in [6.45, 7) is -0.129. The molecule has 0 radical (unpaired) electrons. The van der Waals surface area contributed by atoms with Crippen molar-refractivity contribution in [2.24, 2.45) is 0 Å². The van der Waals surface area contributed by atoms with Gasteiger partial charge in [-0.1, -0.05) is 0 Å². The summed E-state index contributed by atoms with van der Waals surface area (Å²) in [4.78, 5) is 39.0. The lowest BCUT2D eigenvalue weighted by Crippen LogP contribution is -2.36. The summed E-state index contributed by atoms with van der Waals surface area (Å²) in [7, 11) is 3.17. The highest BCUT2D eigenvalue weighted by atomic mass is 16.4. The monoisotopic (exact) mass is 277 g/mol. The predicted molar refractivity (Wildman–Crippen MR) is 71.9 cm³/mol. The number of aromatic nitrogens is 1. The fourth-order valence-corrected chi connectivity index (χ4v) is 1.32. The standard InChI is InChI=1S/C13H15N3O4/c1-16(2)11(17)8-15-13(20)10-5-6-14-7-9(10)3-4-12(18)19/h3-7H,8H2,1-2H3,(H,15,20)(H,18,19). The normalized spacial score (nSPS) is 10.3. The highest BCUT2D eigenvalue weighted by molar-refractivity contribution is 6.00. The summed E-state index contributed by atoms with van der Waals surface area (Å²) in [6, 6.07) is 1.46. The number of nitrogens with one attached hydrogen (secondary N) is 1. The fourth-order valence-electron chi connectivity index (χ4n) is 1.32. The van der Waals surface area contributed by atoms with E-state index in [1.165, 1.54) is 29.4 Å². The summed E-state index contributed by atoms with van der Waals surface area (Å²) in [6.07, 6.45) is 4.99. The van der Waals surface area contributed by atoms with E-state index in [1.807, 2.05) is 0 Å². The van der Waals surface area contributed by atoms with E-state index in [-0.39, 0.29) is 18.0 Å². The number of carbonyl (C=O) groups is 3. The molecule has 0 bridgehead atoms. The van der Waals surface area contributed by atoms with E-state index < -0.39 is 11.9 Å². The van der Waals surface area contributed by atoms with Gasteiger partial charge in [0.15, 0.2) is 0 Å². The van der Waals surface area contributed by atoms with E-state index in [0.717, 1.165) is 6.08 Å². The summed E-state index contributed by atoms with van der Waals surface area (Å²) in [5.74, 6) is -1.83. The molecule has 2 amide bonds. The van der Waals surface area contributed by atoms with Gasteiger partial charge in [-0.2, -0.15) is 0 Å². The van der Waals surface area contributed by atoms with Gasteiger partial charge in [-0.15, -0.1) is 0 Å². The molecule has 1 aromatic heterocycles. The number of hydrogen-bond acceptors (Lipinski definition) is 4. The van der Waals surface area contributed by atoms with Crippen molar-refractivity contribution in [3.05, 3.63) is 35.7 Å². The third kappa shape index (κ3) is 4.52. The van der Waals surface area contributed by atoms with Crippen molar-refractivity contribution in [3.8, 4) is 0 Å². The second kappa shape index (κ2) is 7.03. The quantitative estimate of drug-likeness (QED) is 0.738. The highest BCUT2D eigenvalue weighted by Gasteiger charge is 2.12. The molecule has 0 aromatic carbocycles. The number of rotatable bonds is 5. The molecule has 0 aliphatic rings. The summed E-state index contributed by atoms with van der Waals surface area (Å²) < 4.78 is 0. The summed E-state index contributed by atoms with van der Waals surface area (Å²) in [5, 5.41) is 11.1. The molecule has 0 saturated carbocycles. The zero-order chi connectivity index (χ0) is 15.1. The van der Waals surface area contributed by atoms with Gasteiger partial charge < -0.3 is 15.3 Å². The Labute approximate surface area is 115 Å². The van der Waals surface area contributed by atoms with Crippen LogP contribution < -0.4 is 5.32 Å². The van der Waals surface area contributed by atoms with Gasteiger partial charge in [0, 0.05) is 43.7 Å². The van der Waals surface area contributed by atoms with Crippen LogP contribution in [0.25, 0.3) is 6.08 Å². The van der Waals surface area contributed by atoms with Crippen molar-refractivity contribution in [1.82, 2.24) is 15.2 Å². The fraction of sp³-hybridized carbons (Fsp3) is 0.231. The minimum absolute atomic E-state index is 0.129. The van der Waals surface area contributed by atoms with Crippen LogP contribution in [0.3, 0.4) is 0 Å². The topological polar surface area (TPSA) is 99.6 Å². The van der Waals surface area contributed by atoms with Crippen molar-refractivity contribution in [3.63, 3.8) is 0 Å². The minimum atomic E-state index is -1.12. The molecule has 1 aromatic rings. The minimum Gasteiger partial charge on any atom is -0.478 e. The molecule has 106 valence electrons. The Morgan fingerprint density at radius 1 is 1.40 bits per heavy atom. The SMILES string of the molecule is CN(C)C(=O)CNC(=O)c1ccncc1C=CC(=O)O. The zero-order valence-electron chi connectivity index (χ0n) is 11.2. The van der Waals surface area contributed by atoms with E-state index in [4.69, 9.17) is 5.11 Å². The molecule has 0 unspecified atom stereocenters. The van der Waals surface area contributed by atoms with Gasteiger partial charge in [0.25, 0.3) is 5.91 Å². The van der Waals surface area contributed by atoms with Crippen molar-refractivity contribution in [2.45, 2.75) is 0 Å². The number of carboxylic acid groups (broad SMARTS) is 1. The number of likely N-dealkylation sites (N-methyl/N-ethyl adjacent to an activating group) is 1. The Bertz CT molecular complexity index is 552. The Kier molecular flexibility index (Phi) is 5.40. The van der Waals surface area contributed by atoms with Crippen molar-refractivity contribution < 1.29 is 19.5 Å². The molecule has 2 N–H and O–H groups in total. The van der Waals surface area contributed by atoms with E-state index in [9.17, 15) is 14.4 Å². The smallest absolute Gasteiger partial charge is 0.328 e. The van der Waals surface area contributed by atoms with Crippen LogP contribution in [0, 0.1) is 0 Å². The maximum atomic E-state index is 11.9. The first kappa shape index (κ1) is 15.4. The van der Waals surface area contributed by atoms with Crippen LogP contribution >= 0.6 is 0 Å². The first-order valence-corrected chi connectivity index (χ1v) is 5.75. The largest absolute Gasteiger partial charge is 0.478 e. The molecule has 0 spiro atoms. The lowest BCUT2D eigenvalue weighted by atomic mass is 10.1. The molecule has 0 atom stereocenters. The Morgan fingerprint density at radius 3 is 2.70 bits per heavy atom. The van der Waals surface area contributed by atoms with E-state index in [2.05, 4.69) is 10.3 Å². The number of hydrogen-bond donors (Lipinski definition) is 2. The van der Waals surface area contributed by atoms with Crippen LogP contribution in [0.2, 0.25) is 0 Å². The average molecular weight is 277 g/mol. The first-order valence-electron chi connectivity index (χ1n) is 5.75. The van der Waals surface area contributed by atoms with Gasteiger partial charge in [0.2, 0.25) is 5.91 Å². The van der Waals surface area contributed by atoms with Gasteiger partial charge in [-0.05, 0) is 12.1 Å². The lowest BCUT2D eigenvalue weighted by Gasteiger charge is -2.11. The molecule has 1 rings (SSSR count). The molecule has 7 heteroatoms. The second-order valence-electron chi connectivity index (χ2n) is 4.11. The van der Waals surface area contributed by atoms with E-state index in [0.29, 0.717) is 5.56 Å². The van der Waals surface area contributed by atoms with Crippen molar-refractivity contribution >= 4 is 23.9 Å². The maximum Gasteiger partial charge on any atom is 0.328 e. The number of carboxylic acids is 1. The van der Waals surface area contributed by atoms with Crippen LogP contribution in [0.4, 0.5) is 0 Å². The average Bonchev–Trinajstić information content (AvgIpc) is 2.42. The third-order valence-corrected chi connectivity index (χ3v) is 2.40. The summed E-state index contributed by atoms with van der Waals surface area (Å²) >= 11 is 0. The highest BCUT2D eigenvalue weighted by Crippen LogP contribution is 2.09. The number of carbonyl (C=O) groups excluding carboxylic acids is 2. The number of amides is 2. The van der Waals surface area contributed by atoms with Gasteiger partial charge in [-0.3, -0.25) is 14.6 Å². The number of aliphatic carboxylic acids is 1.